The monoisotopic (exact) mass is 1900 g/mol. The van der Waals surface area contributed by atoms with Gasteiger partial charge in [0, 0.05) is 118 Å². The maximum absolute atomic E-state index is 13.6. The summed E-state index contributed by atoms with van der Waals surface area (Å²) in [7, 11) is -15.7. The SMILES string of the molecule is CC(F)(F)c1cccc(S(=O)(=O)C[C@@H]2CCN(Cc3ccc(-c4ccccc4Cl)cc3)C2)c1.Cc1cccc(-c2ccc(CN3CC[C@@H](NS(=O)(=O)c4cccc(C(F)(F)F)c4)C3)cc2)c1.O=S(=O)(N[C@@H]1CCN(Cc2ccc(-c3cccs3)cc2)C1)c1cccc(C(F)(F)F)c1.O=S(=O)(N[C@@H]1CCN(Cc2ccc(OC3CCCC3)cc2)C1)c1cccc(C(F)(F)F)c1. The van der Waals surface area contributed by atoms with Gasteiger partial charge in [0.1, 0.15) is 5.75 Å². The molecule has 686 valence electrons. The summed E-state index contributed by atoms with van der Waals surface area (Å²) in [6.07, 6.45) is -6.25. The number of ether oxygens (including phenoxy) is 1. The van der Waals surface area contributed by atoms with Gasteiger partial charge in [0.15, 0.2) is 9.84 Å². The molecule has 4 saturated heterocycles. The predicted octanol–water partition coefficient (Wildman–Crippen LogP) is 21.2. The third-order valence-electron chi connectivity index (χ3n) is 23.1. The largest absolute Gasteiger partial charge is 0.490 e. The molecule has 5 fully saturated rings. The lowest BCUT2D eigenvalue weighted by molar-refractivity contribution is -0.138. The van der Waals surface area contributed by atoms with Crippen molar-refractivity contribution >= 4 is 62.8 Å². The number of hydrogen-bond donors (Lipinski definition) is 3. The first-order valence-electron chi connectivity index (χ1n) is 42.2. The van der Waals surface area contributed by atoms with E-state index in [1.807, 2.05) is 78.2 Å². The first-order valence-corrected chi connectivity index (χ1v) is 49.5. The molecule has 4 aliphatic heterocycles. The molecule has 0 radical (unpaired) electrons. The summed E-state index contributed by atoms with van der Waals surface area (Å²) < 4.78 is 259. The molecule has 0 amide bonds. The van der Waals surface area contributed by atoms with Gasteiger partial charge in [-0.15, -0.1) is 11.3 Å². The number of halogens is 12. The second-order valence-electron chi connectivity index (χ2n) is 33.3. The fraction of sp³-hybridized carbons (Fsp3) is 0.333. The van der Waals surface area contributed by atoms with Gasteiger partial charge in [0.2, 0.25) is 30.1 Å². The van der Waals surface area contributed by atoms with E-state index in [0.717, 1.165) is 138 Å². The minimum Gasteiger partial charge on any atom is -0.490 e. The van der Waals surface area contributed by atoms with Gasteiger partial charge in [-0.25, -0.2) is 56.6 Å². The van der Waals surface area contributed by atoms with Crippen LogP contribution in [0.2, 0.25) is 5.02 Å². The van der Waals surface area contributed by atoms with Crippen molar-refractivity contribution in [2.75, 3.05) is 58.1 Å². The minimum absolute atomic E-state index is 0.0248. The van der Waals surface area contributed by atoms with Gasteiger partial charge in [-0.1, -0.05) is 181 Å². The average molecular weight is 1900 g/mol. The number of likely N-dealkylation sites (tertiary alicyclic amines) is 4. The summed E-state index contributed by atoms with van der Waals surface area (Å²) in [5, 5.41) is 2.75. The number of sulfone groups is 1. The van der Waals surface area contributed by atoms with E-state index < -0.39 is 81.0 Å². The maximum Gasteiger partial charge on any atom is 0.416 e. The first-order chi connectivity index (χ1) is 61.1. The van der Waals surface area contributed by atoms with Crippen molar-refractivity contribution in [3.63, 3.8) is 0 Å². The van der Waals surface area contributed by atoms with Gasteiger partial charge in [-0.2, -0.15) is 39.5 Å². The molecule has 5 aliphatic rings. The highest BCUT2D eigenvalue weighted by molar-refractivity contribution is 7.91. The van der Waals surface area contributed by atoms with Gasteiger partial charge in [-0.05, 0) is 212 Å². The lowest BCUT2D eigenvalue weighted by atomic mass is 10.0. The quantitative estimate of drug-likeness (QED) is 0.0434. The molecule has 0 spiro atoms. The zero-order valence-corrected chi connectivity index (χ0v) is 75.4. The maximum atomic E-state index is 13.6. The molecular formula is C96H99ClF11N7O9S5. The summed E-state index contributed by atoms with van der Waals surface area (Å²) in [5.41, 5.74) is 7.97. The molecule has 16 rings (SSSR count). The summed E-state index contributed by atoms with van der Waals surface area (Å²) in [5.74, 6) is -2.26. The molecule has 4 atom stereocenters. The molecule has 1 aromatic heterocycles. The molecule has 10 aromatic carbocycles. The Labute approximate surface area is 755 Å². The van der Waals surface area contributed by atoms with Gasteiger partial charge in [-0.3, -0.25) is 19.6 Å². The van der Waals surface area contributed by atoms with Crippen LogP contribution in [0.1, 0.15) is 108 Å². The van der Waals surface area contributed by atoms with Crippen molar-refractivity contribution in [2.24, 2.45) is 5.92 Å². The summed E-state index contributed by atoms with van der Waals surface area (Å²) in [6, 6.07) is 68.4. The number of benzene rings is 10. The molecule has 0 unspecified atom stereocenters. The van der Waals surface area contributed by atoms with Gasteiger partial charge in [0.05, 0.1) is 48.1 Å². The molecule has 11 aromatic rings. The van der Waals surface area contributed by atoms with E-state index >= 15 is 0 Å². The predicted molar refractivity (Wildman–Crippen MR) is 480 cm³/mol. The highest BCUT2D eigenvalue weighted by Crippen LogP contribution is 2.38. The molecule has 3 N–H and O–H groups in total. The van der Waals surface area contributed by atoms with Crippen LogP contribution in [0.25, 0.3) is 32.7 Å². The van der Waals surface area contributed by atoms with E-state index in [1.54, 1.807) is 11.3 Å². The Morgan fingerprint density at radius 2 is 0.775 bits per heavy atom. The second kappa shape index (κ2) is 42.1. The van der Waals surface area contributed by atoms with E-state index in [1.165, 1.54) is 59.7 Å². The number of nitrogens with one attached hydrogen (secondary N) is 3. The summed E-state index contributed by atoms with van der Waals surface area (Å²) in [6.45, 7) is 10.7. The Kier molecular flexibility index (Phi) is 31.7. The summed E-state index contributed by atoms with van der Waals surface area (Å²) >= 11 is 7.97. The molecule has 129 heavy (non-hydrogen) atoms. The van der Waals surface area contributed by atoms with Crippen molar-refractivity contribution in [3.05, 3.63) is 315 Å². The topological polar surface area (TPSA) is 195 Å². The Balaban J connectivity index is 0.000000147. The van der Waals surface area contributed by atoms with E-state index in [-0.39, 0.29) is 54.9 Å². The lowest BCUT2D eigenvalue weighted by Crippen LogP contribution is -2.37. The standard InChI is InChI=1S/C26H26ClF2NO2S.C25H25F3N2O2S.C23H27F3N2O3S.C22H21F3N2O2S2/c1-26(28,29)22-5-4-6-23(15-22)33(31,32)18-20-13-14-30(17-20)16-19-9-11-21(12-10-19)24-7-2-3-8-25(24)27;1-18-4-2-5-21(14-18)20-10-8-19(9-11-20)16-30-13-12-23(17-30)29-33(31,32)24-7-3-6-22(15-24)25(26,27)28;24-23(25,26)18-4-3-7-22(14-18)32(29,30)27-19-12-13-28(16-19)15-17-8-10-21(11-9-17)31-20-5-1-2-6-20;23-22(24,25)18-3-1-4-20(13-18)31(28,29)26-19-10-11-27(15-19)14-16-6-8-17(9-7-16)21-5-2-12-30-21/h2-12,15,20H,13-14,16-18H2,1H3;2-11,14-15,23,29H,12-13,16-17H2,1H3;3-4,7-11,14,19-20,27H,1-2,5-6,12-13,15-16H2;1-9,12-13,19,26H,10-11,14-15H2/t20-;23-;2*19-/m1111/s1. The van der Waals surface area contributed by atoms with Crippen molar-refractivity contribution < 1.29 is 86.7 Å². The average Bonchev–Trinajstić information content (AvgIpc) is 1.29. The van der Waals surface area contributed by atoms with Crippen LogP contribution in [-0.4, -0.2) is 136 Å². The van der Waals surface area contributed by atoms with Crippen LogP contribution >= 0.6 is 22.9 Å². The molecule has 5 heterocycles. The Morgan fingerprint density at radius 3 is 1.19 bits per heavy atom. The van der Waals surface area contributed by atoms with Crippen LogP contribution in [-0.2, 0) is 90.5 Å². The normalized spacial score (nSPS) is 18.3. The van der Waals surface area contributed by atoms with E-state index in [2.05, 4.69) is 126 Å². The third-order valence-corrected chi connectivity index (χ3v) is 30.8. The fourth-order valence-corrected chi connectivity index (χ4v) is 23.0. The first kappa shape index (κ1) is 97.3. The van der Waals surface area contributed by atoms with E-state index in [0.29, 0.717) is 114 Å². The van der Waals surface area contributed by atoms with Gasteiger partial charge in [0.25, 0.3) is 5.92 Å². The Hall–Kier alpha value is -9.26. The summed E-state index contributed by atoms with van der Waals surface area (Å²) in [4.78, 5) is 8.71. The number of alkyl halides is 11. The van der Waals surface area contributed by atoms with Crippen LogP contribution in [0.15, 0.2) is 280 Å². The number of sulfonamides is 3. The third kappa shape index (κ3) is 27.7. The molecule has 1 saturated carbocycles. The number of aryl methyl sites for hydroxylation is 1. The highest BCUT2D eigenvalue weighted by atomic mass is 35.5. The zero-order valence-electron chi connectivity index (χ0n) is 70.6. The lowest BCUT2D eigenvalue weighted by Gasteiger charge is -2.18. The zero-order chi connectivity index (χ0) is 92.1. The van der Waals surface area contributed by atoms with E-state index in [4.69, 9.17) is 16.3 Å². The molecule has 1 aliphatic carbocycles. The molecule has 33 heteroatoms. The van der Waals surface area contributed by atoms with Crippen LogP contribution < -0.4 is 18.9 Å². The number of thiophene rings is 1. The molecule has 16 nitrogen and oxygen atoms in total. The fourth-order valence-electron chi connectivity index (χ4n) is 16.4. The van der Waals surface area contributed by atoms with Gasteiger partial charge < -0.3 is 4.74 Å². The smallest absolute Gasteiger partial charge is 0.416 e. The van der Waals surface area contributed by atoms with E-state index in [9.17, 15) is 82.0 Å². The van der Waals surface area contributed by atoms with Gasteiger partial charge >= 0.3 is 18.5 Å². The number of nitrogens with zero attached hydrogens (tertiary/aromatic N) is 4. The Morgan fingerprint density at radius 1 is 0.388 bits per heavy atom. The van der Waals surface area contributed by atoms with Crippen molar-refractivity contribution in [1.29, 1.82) is 0 Å². The van der Waals surface area contributed by atoms with Crippen LogP contribution in [0.5, 0.6) is 5.75 Å². The van der Waals surface area contributed by atoms with Crippen LogP contribution in [0.3, 0.4) is 0 Å². The second-order valence-corrected chi connectivity index (χ2v) is 41.8. The van der Waals surface area contributed by atoms with Crippen LogP contribution in [0.4, 0.5) is 48.3 Å². The van der Waals surface area contributed by atoms with Crippen molar-refractivity contribution in [3.8, 4) is 38.4 Å². The number of rotatable bonds is 26. The van der Waals surface area contributed by atoms with Crippen LogP contribution in [0, 0.1) is 12.8 Å². The minimum atomic E-state index is -4.59. The molecular weight excluding hydrogens is 1800 g/mol. The highest BCUT2D eigenvalue weighted by Gasteiger charge is 2.38. The van der Waals surface area contributed by atoms with Crippen molar-refractivity contribution in [1.82, 2.24) is 33.8 Å². The Bertz CT molecular complexity index is 6080. The van der Waals surface area contributed by atoms with Crippen molar-refractivity contribution in [2.45, 2.75) is 160 Å². The molecule has 0 bridgehead atoms. The number of hydrogen-bond acceptors (Lipinski definition) is 14.